The van der Waals surface area contributed by atoms with E-state index < -0.39 is 11.7 Å². The molecule has 2 rings (SSSR count). The minimum absolute atomic E-state index is 0.0794. The van der Waals surface area contributed by atoms with Crippen molar-refractivity contribution in [3.8, 4) is 0 Å². The number of carbonyl (C=O) groups is 1. The van der Waals surface area contributed by atoms with Crippen LogP contribution >= 0.6 is 0 Å². The highest BCUT2D eigenvalue weighted by atomic mass is 19.4. The maximum Gasteiger partial charge on any atom is 0.416 e. The molecule has 5 heteroatoms. The van der Waals surface area contributed by atoms with E-state index >= 15 is 0 Å². The highest BCUT2D eigenvalue weighted by Gasteiger charge is 2.30. The molecule has 1 unspecified atom stereocenters. The van der Waals surface area contributed by atoms with Crippen molar-refractivity contribution in [2.45, 2.75) is 31.9 Å². The topological polar surface area (TPSA) is 29.1 Å². The summed E-state index contributed by atoms with van der Waals surface area (Å²) in [4.78, 5) is 11.9. The Kier molecular flexibility index (Phi) is 4.81. The second-order valence-corrected chi connectivity index (χ2v) is 5.25. The van der Waals surface area contributed by atoms with E-state index in [0.717, 1.165) is 44.5 Å². The molecular weight excluding hydrogens is 267 g/mol. The molecule has 1 saturated heterocycles. The van der Waals surface area contributed by atoms with Crippen molar-refractivity contribution in [2.24, 2.45) is 5.92 Å². The Balaban J connectivity index is 1.89. The van der Waals surface area contributed by atoms with Gasteiger partial charge in [-0.1, -0.05) is 12.1 Å². The molecular formula is C15H18F3NO. The number of carbonyl (C=O) groups excluding carboxylic acids is 1. The summed E-state index contributed by atoms with van der Waals surface area (Å²) in [7, 11) is 0. The molecule has 0 bridgehead atoms. The van der Waals surface area contributed by atoms with E-state index in [0.29, 0.717) is 17.9 Å². The number of hydrogen-bond acceptors (Lipinski definition) is 2. The summed E-state index contributed by atoms with van der Waals surface area (Å²) in [5.74, 6) is 0.423. The van der Waals surface area contributed by atoms with Crippen LogP contribution in [0.2, 0.25) is 0 Å². The van der Waals surface area contributed by atoms with Gasteiger partial charge in [0.15, 0.2) is 5.78 Å². The van der Waals surface area contributed by atoms with Gasteiger partial charge in [0.05, 0.1) is 5.56 Å². The van der Waals surface area contributed by atoms with Crippen LogP contribution in [0.4, 0.5) is 13.2 Å². The first-order chi connectivity index (χ1) is 9.47. The molecule has 0 aromatic heterocycles. The first-order valence-corrected chi connectivity index (χ1v) is 6.88. The van der Waals surface area contributed by atoms with E-state index in [4.69, 9.17) is 0 Å². The molecule has 1 heterocycles. The van der Waals surface area contributed by atoms with Gasteiger partial charge in [-0.15, -0.1) is 0 Å². The van der Waals surface area contributed by atoms with Crippen LogP contribution in [0.1, 0.15) is 41.6 Å². The molecule has 1 fully saturated rings. The molecule has 0 saturated carbocycles. The van der Waals surface area contributed by atoms with Crippen molar-refractivity contribution in [3.05, 3.63) is 35.4 Å². The van der Waals surface area contributed by atoms with Crippen LogP contribution in [-0.4, -0.2) is 18.9 Å². The summed E-state index contributed by atoms with van der Waals surface area (Å²) in [5, 5.41) is 3.29. The first-order valence-electron chi connectivity index (χ1n) is 6.88. The van der Waals surface area contributed by atoms with E-state index in [1.165, 1.54) is 12.1 Å². The van der Waals surface area contributed by atoms with Gasteiger partial charge < -0.3 is 5.32 Å². The molecule has 0 spiro atoms. The van der Waals surface area contributed by atoms with Gasteiger partial charge in [-0.05, 0) is 50.4 Å². The molecule has 1 aromatic rings. The van der Waals surface area contributed by atoms with Gasteiger partial charge in [-0.25, -0.2) is 0 Å². The summed E-state index contributed by atoms with van der Waals surface area (Å²) in [6.07, 6.45) is -0.910. The molecule has 1 aliphatic rings. The molecule has 20 heavy (non-hydrogen) atoms. The van der Waals surface area contributed by atoms with Crippen LogP contribution in [0.5, 0.6) is 0 Å². The van der Waals surface area contributed by atoms with Gasteiger partial charge in [0.25, 0.3) is 0 Å². The zero-order valence-electron chi connectivity index (χ0n) is 11.2. The van der Waals surface area contributed by atoms with Crippen LogP contribution in [0.25, 0.3) is 0 Å². The Morgan fingerprint density at radius 3 is 2.50 bits per heavy atom. The Morgan fingerprint density at radius 1 is 1.25 bits per heavy atom. The third kappa shape index (κ3) is 4.07. The van der Waals surface area contributed by atoms with Crippen LogP contribution < -0.4 is 5.32 Å². The van der Waals surface area contributed by atoms with E-state index in [9.17, 15) is 18.0 Å². The SMILES string of the molecule is O=C(CCC1CCCNC1)c1ccc(C(F)(F)F)cc1. The van der Waals surface area contributed by atoms with Gasteiger partial charge in [-0.2, -0.15) is 13.2 Å². The van der Waals surface area contributed by atoms with E-state index in [-0.39, 0.29) is 5.78 Å². The number of alkyl halides is 3. The fourth-order valence-corrected chi connectivity index (χ4v) is 2.50. The third-order valence-electron chi connectivity index (χ3n) is 3.71. The molecule has 0 aliphatic carbocycles. The number of halogens is 3. The van der Waals surface area contributed by atoms with Crippen molar-refractivity contribution < 1.29 is 18.0 Å². The van der Waals surface area contributed by atoms with Crippen molar-refractivity contribution in [2.75, 3.05) is 13.1 Å². The number of rotatable bonds is 4. The van der Waals surface area contributed by atoms with Gasteiger partial charge >= 0.3 is 6.18 Å². The smallest absolute Gasteiger partial charge is 0.316 e. The maximum atomic E-state index is 12.4. The van der Waals surface area contributed by atoms with Gasteiger partial charge in [0.1, 0.15) is 0 Å². The maximum absolute atomic E-state index is 12.4. The number of Topliss-reactive ketones (excluding diaryl/α,β-unsaturated/α-hetero) is 1. The molecule has 2 nitrogen and oxygen atoms in total. The summed E-state index contributed by atoms with van der Waals surface area (Å²) >= 11 is 0. The predicted octanol–water partition coefficient (Wildman–Crippen LogP) is 3.67. The normalized spacial score (nSPS) is 19.9. The quantitative estimate of drug-likeness (QED) is 0.855. The lowest BCUT2D eigenvalue weighted by Crippen LogP contribution is -2.30. The zero-order valence-corrected chi connectivity index (χ0v) is 11.2. The van der Waals surface area contributed by atoms with Crippen LogP contribution in [0.15, 0.2) is 24.3 Å². The highest BCUT2D eigenvalue weighted by molar-refractivity contribution is 5.96. The number of piperidine rings is 1. The lowest BCUT2D eigenvalue weighted by atomic mass is 9.92. The van der Waals surface area contributed by atoms with E-state index in [2.05, 4.69) is 5.32 Å². The number of ketones is 1. The predicted molar refractivity (Wildman–Crippen MR) is 70.6 cm³/mol. The molecule has 0 amide bonds. The molecule has 1 aliphatic heterocycles. The first kappa shape index (κ1) is 15.0. The Morgan fingerprint density at radius 2 is 1.95 bits per heavy atom. The van der Waals surface area contributed by atoms with Crippen molar-refractivity contribution in [1.29, 1.82) is 0 Å². The minimum atomic E-state index is -4.35. The average molecular weight is 285 g/mol. The minimum Gasteiger partial charge on any atom is -0.316 e. The van der Waals surface area contributed by atoms with E-state index in [1.807, 2.05) is 0 Å². The van der Waals surface area contributed by atoms with Crippen LogP contribution in [0, 0.1) is 5.92 Å². The molecule has 110 valence electrons. The second-order valence-electron chi connectivity index (χ2n) is 5.25. The Labute approximate surface area is 116 Å². The van der Waals surface area contributed by atoms with Crippen molar-refractivity contribution in [3.63, 3.8) is 0 Å². The fraction of sp³-hybridized carbons (Fsp3) is 0.533. The molecule has 1 aromatic carbocycles. The Bertz CT molecular complexity index is 447. The standard InChI is InChI=1S/C15H18F3NO/c16-15(17,18)13-6-4-12(5-7-13)14(20)8-3-11-2-1-9-19-10-11/h4-7,11,19H,1-3,8-10H2. The van der Waals surface area contributed by atoms with Crippen molar-refractivity contribution in [1.82, 2.24) is 5.32 Å². The number of benzene rings is 1. The third-order valence-corrected chi connectivity index (χ3v) is 3.71. The molecule has 0 radical (unpaired) electrons. The second kappa shape index (κ2) is 6.39. The molecule has 1 atom stereocenters. The van der Waals surface area contributed by atoms with Gasteiger partial charge in [-0.3, -0.25) is 4.79 Å². The lowest BCUT2D eigenvalue weighted by Gasteiger charge is -2.22. The monoisotopic (exact) mass is 285 g/mol. The molecule has 1 N–H and O–H groups in total. The number of nitrogens with one attached hydrogen (secondary N) is 1. The summed E-state index contributed by atoms with van der Waals surface area (Å²) in [5.41, 5.74) is -0.354. The average Bonchev–Trinajstić information content (AvgIpc) is 2.45. The summed E-state index contributed by atoms with van der Waals surface area (Å²) in [6, 6.07) is 4.47. The highest BCUT2D eigenvalue weighted by Crippen LogP contribution is 2.29. The van der Waals surface area contributed by atoms with Gasteiger partial charge in [0, 0.05) is 12.0 Å². The van der Waals surface area contributed by atoms with Gasteiger partial charge in [0.2, 0.25) is 0 Å². The largest absolute Gasteiger partial charge is 0.416 e. The summed E-state index contributed by atoms with van der Waals surface area (Å²) in [6.45, 7) is 1.96. The van der Waals surface area contributed by atoms with Crippen LogP contribution in [-0.2, 0) is 6.18 Å². The fourth-order valence-electron chi connectivity index (χ4n) is 2.50. The zero-order chi connectivity index (χ0) is 14.6. The summed E-state index contributed by atoms with van der Waals surface area (Å²) < 4.78 is 37.3. The van der Waals surface area contributed by atoms with E-state index in [1.54, 1.807) is 0 Å². The lowest BCUT2D eigenvalue weighted by molar-refractivity contribution is -0.137. The van der Waals surface area contributed by atoms with Crippen molar-refractivity contribution >= 4 is 5.78 Å². The number of hydrogen-bond donors (Lipinski definition) is 1. The Hall–Kier alpha value is -1.36. The van der Waals surface area contributed by atoms with Crippen LogP contribution in [0.3, 0.4) is 0 Å².